The van der Waals surface area contributed by atoms with E-state index in [0.717, 1.165) is 12.8 Å². The Morgan fingerprint density at radius 1 is 1.46 bits per heavy atom. The number of hydrogen-bond donors (Lipinski definition) is 1. The van der Waals surface area contributed by atoms with Gasteiger partial charge in [-0.25, -0.2) is 0 Å². The van der Waals surface area contributed by atoms with E-state index in [2.05, 4.69) is 6.92 Å². The van der Waals surface area contributed by atoms with E-state index in [9.17, 15) is 4.57 Å². The van der Waals surface area contributed by atoms with Crippen LogP contribution in [0, 0.1) is 5.92 Å². The van der Waals surface area contributed by atoms with Crippen molar-refractivity contribution in [3.63, 3.8) is 0 Å². The van der Waals surface area contributed by atoms with Gasteiger partial charge in [-0.15, -0.1) is 0 Å². The predicted octanol–water partition coefficient (Wildman–Crippen LogP) is 1.88. The Morgan fingerprint density at radius 3 is 2.46 bits per heavy atom. The summed E-state index contributed by atoms with van der Waals surface area (Å²) in [5.74, 6) is 0.218. The standard InChI is InChI=1S/C8H19O4P/c1-4-5-8(6-11-2)7-12-13(3,9)10/h8H,4-7H2,1-3H3,(H,9,10)/t8-/m0/s1. The van der Waals surface area contributed by atoms with Crippen LogP contribution >= 0.6 is 7.60 Å². The summed E-state index contributed by atoms with van der Waals surface area (Å²) in [5, 5.41) is 0. The molecule has 0 heterocycles. The summed E-state index contributed by atoms with van der Waals surface area (Å²) in [6.07, 6.45) is 1.98. The van der Waals surface area contributed by atoms with E-state index >= 15 is 0 Å². The van der Waals surface area contributed by atoms with Gasteiger partial charge in [-0.2, -0.15) is 0 Å². The molecule has 5 heteroatoms. The van der Waals surface area contributed by atoms with Crippen molar-refractivity contribution < 1.29 is 18.7 Å². The van der Waals surface area contributed by atoms with Crippen molar-refractivity contribution in [1.82, 2.24) is 0 Å². The lowest BCUT2D eigenvalue weighted by Crippen LogP contribution is -2.14. The van der Waals surface area contributed by atoms with Gasteiger partial charge in [-0.05, 0) is 6.42 Å². The van der Waals surface area contributed by atoms with E-state index < -0.39 is 7.60 Å². The Balaban J connectivity index is 3.74. The Morgan fingerprint density at radius 2 is 2.08 bits per heavy atom. The average Bonchev–Trinajstić information content (AvgIpc) is 2.00. The smallest absolute Gasteiger partial charge is 0.325 e. The van der Waals surface area contributed by atoms with Gasteiger partial charge in [0.2, 0.25) is 0 Å². The zero-order valence-electron chi connectivity index (χ0n) is 8.52. The molecule has 0 aliphatic heterocycles. The maximum atomic E-state index is 10.8. The summed E-state index contributed by atoms with van der Waals surface area (Å²) in [7, 11) is -1.70. The summed E-state index contributed by atoms with van der Waals surface area (Å²) in [5.41, 5.74) is 0. The zero-order chi connectivity index (χ0) is 10.3. The third-order valence-electron chi connectivity index (χ3n) is 1.65. The van der Waals surface area contributed by atoms with Crippen molar-refractivity contribution >= 4 is 7.60 Å². The first-order valence-corrected chi connectivity index (χ1v) is 6.45. The quantitative estimate of drug-likeness (QED) is 0.652. The van der Waals surface area contributed by atoms with Crippen LogP contribution in [0.2, 0.25) is 0 Å². The highest BCUT2D eigenvalue weighted by Crippen LogP contribution is 2.37. The fraction of sp³-hybridized carbons (Fsp3) is 1.00. The van der Waals surface area contributed by atoms with E-state index in [4.69, 9.17) is 14.2 Å². The highest BCUT2D eigenvalue weighted by Gasteiger charge is 2.14. The first kappa shape index (κ1) is 13.1. The van der Waals surface area contributed by atoms with Crippen LogP contribution in [-0.4, -0.2) is 31.9 Å². The summed E-state index contributed by atoms with van der Waals surface area (Å²) in [4.78, 5) is 8.90. The van der Waals surface area contributed by atoms with Gasteiger partial charge >= 0.3 is 7.60 Å². The van der Waals surface area contributed by atoms with Crippen LogP contribution in [0.5, 0.6) is 0 Å². The van der Waals surface area contributed by atoms with Crippen LogP contribution in [0.4, 0.5) is 0 Å². The van der Waals surface area contributed by atoms with Crippen molar-refractivity contribution in [2.24, 2.45) is 5.92 Å². The van der Waals surface area contributed by atoms with E-state index in [1.807, 2.05) is 0 Å². The maximum Gasteiger partial charge on any atom is 0.325 e. The molecule has 0 fully saturated rings. The molecule has 0 aromatic heterocycles. The second kappa shape index (κ2) is 6.55. The van der Waals surface area contributed by atoms with Crippen LogP contribution in [0.3, 0.4) is 0 Å². The van der Waals surface area contributed by atoms with Gasteiger partial charge in [-0.1, -0.05) is 13.3 Å². The third kappa shape index (κ3) is 8.44. The third-order valence-corrected chi connectivity index (χ3v) is 2.28. The van der Waals surface area contributed by atoms with Crippen molar-refractivity contribution in [1.29, 1.82) is 0 Å². The lowest BCUT2D eigenvalue weighted by atomic mass is 10.1. The normalized spacial score (nSPS) is 18.2. The Labute approximate surface area is 79.8 Å². The van der Waals surface area contributed by atoms with Gasteiger partial charge in [0, 0.05) is 19.7 Å². The molecule has 0 rings (SSSR count). The molecule has 0 aliphatic carbocycles. The van der Waals surface area contributed by atoms with Crippen LogP contribution in [0.25, 0.3) is 0 Å². The van der Waals surface area contributed by atoms with Crippen molar-refractivity contribution in [2.45, 2.75) is 19.8 Å². The van der Waals surface area contributed by atoms with Crippen LogP contribution in [-0.2, 0) is 13.8 Å². The SMILES string of the molecule is CCC[C@@H](COC)COP(C)(=O)O. The lowest BCUT2D eigenvalue weighted by Gasteiger charge is -2.16. The number of rotatable bonds is 7. The second-order valence-corrected chi connectivity index (χ2v) is 5.07. The molecular weight excluding hydrogens is 191 g/mol. The largest absolute Gasteiger partial charge is 0.384 e. The van der Waals surface area contributed by atoms with Crippen molar-refractivity contribution in [3.8, 4) is 0 Å². The van der Waals surface area contributed by atoms with Gasteiger partial charge in [0.25, 0.3) is 0 Å². The Bertz CT molecular complexity index is 160. The second-order valence-electron chi connectivity index (χ2n) is 3.21. The molecule has 0 aromatic carbocycles. The first-order chi connectivity index (χ1) is 5.99. The predicted molar refractivity (Wildman–Crippen MR) is 52.0 cm³/mol. The van der Waals surface area contributed by atoms with Crippen LogP contribution in [0.15, 0.2) is 0 Å². The Hall–Kier alpha value is 0.110. The van der Waals surface area contributed by atoms with Gasteiger partial charge in [0.05, 0.1) is 13.2 Å². The molecule has 0 saturated heterocycles. The molecule has 13 heavy (non-hydrogen) atoms. The van der Waals surface area contributed by atoms with Crippen molar-refractivity contribution in [2.75, 3.05) is 27.0 Å². The fourth-order valence-electron chi connectivity index (χ4n) is 1.10. The maximum absolute atomic E-state index is 10.8. The first-order valence-electron chi connectivity index (χ1n) is 4.43. The molecule has 80 valence electrons. The minimum atomic E-state index is -3.32. The molecule has 0 aromatic rings. The molecule has 0 spiro atoms. The average molecular weight is 210 g/mol. The summed E-state index contributed by atoms with van der Waals surface area (Å²) < 4.78 is 20.6. The van der Waals surface area contributed by atoms with E-state index in [1.54, 1.807) is 7.11 Å². The molecule has 0 radical (unpaired) electrons. The van der Waals surface area contributed by atoms with Gasteiger partial charge in [0.1, 0.15) is 0 Å². The highest BCUT2D eigenvalue weighted by atomic mass is 31.2. The topological polar surface area (TPSA) is 55.8 Å². The molecule has 1 N–H and O–H groups in total. The molecule has 0 aliphatic rings. The highest BCUT2D eigenvalue weighted by molar-refractivity contribution is 7.51. The fourth-order valence-corrected chi connectivity index (χ4v) is 1.59. The van der Waals surface area contributed by atoms with Crippen molar-refractivity contribution in [3.05, 3.63) is 0 Å². The summed E-state index contributed by atoms with van der Waals surface area (Å²) >= 11 is 0. The summed E-state index contributed by atoms with van der Waals surface area (Å²) in [6.45, 7) is 4.13. The molecule has 2 atom stereocenters. The van der Waals surface area contributed by atoms with E-state index in [-0.39, 0.29) is 5.92 Å². The van der Waals surface area contributed by atoms with E-state index in [0.29, 0.717) is 13.2 Å². The van der Waals surface area contributed by atoms with E-state index in [1.165, 1.54) is 6.66 Å². The lowest BCUT2D eigenvalue weighted by molar-refractivity contribution is 0.108. The molecule has 0 saturated carbocycles. The monoisotopic (exact) mass is 210 g/mol. The van der Waals surface area contributed by atoms with Gasteiger partial charge in [-0.3, -0.25) is 4.57 Å². The van der Waals surface area contributed by atoms with Gasteiger partial charge < -0.3 is 14.2 Å². The minimum Gasteiger partial charge on any atom is -0.384 e. The minimum absolute atomic E-state index is 0.218. The zero-order valence-corrected chi connectivity index (χ0v) is 9.42. The summed E-state index contributed by atoms with van der Waals surface area (Å²) in [6, 6.07) is 0. The van der Waals surface area contributed by atoms with Crippen LogP contribution in [0.1, 0.15) is 19.8 Å². The van der Waals surface area contributed by atoms with Gasteiger partial charge in [0.15, 0.2) is 0 Å². The number of methoxy groups -OCH3 is 1. The number of ether oxygens (including phenoxy) is 1. The molecule has 4 nitrogen and oxygen atoms in total. The molecule has 0 bridgehead atoms. The van der Waals surface area contributed by atoms with Crippen LogP contribution < -0.4 is 0 Å². The molecular formula is C8H19O4P. The Kier molecular flexibility index (Phi) is 6.60. The number of hydrogen-bond acceptors (Lipinski definition) is 3. The molecule has 1 unspecified atom stereocenters. The molecule has 0 amide bonds.